The molecule has 0 amide bonds. The number of aliphatic hydroxyl groups excluding tert-OH is 2. The lowest BCUT2D eigenvalue weighted by Crippen LogP contribution is -2.81. The van der Waals surface area contributed by atoms with Crippen molar-refractivity contribution in [2.45, 2.75) is 63.6 Å². The first kappa shape index (κ1) is 15.3. The minimum Gasteiger partial charge on any atom is -0.392 e. The number of Topliss-reactive ketones (excluding diaryl/α,β-unsaturated/α-hetero) is 1. The summed E-state index contributed by atoms with van der Waals surface area (Å²) in [5, 5.41) is 22.4. The number of rotatable bonds is 0. The third-order valence-corrected chi connectivity index (χ3v) is 9.20. The Morgan fingerprint density at radius 2 is 2.00 bits per heavy atom. The molecule has 3 aliphatic heterocycles. The van der Waals surface area contributed by atoms with Gasteiger partial charge in [0.25, 0.3) is 0 Å². The van der Waals surface area contributed by atoms with Gasteiger partial charge in [0.1, 0.15) is 0 Å². The molecule has 10 atom stereocenters. The number of carbonyl (C=O) groups excluding carboxylic acids is 1. The summed E-state index contributed by atoms with van der Waals surface area (Å²) in [6.07, 6.45) is 2.01. The van der Waals surface area contributed by atoms with Gasteiger partial charge in [0.2, 0.25) is 0 Å². The van der Waals surface area contributed by atoms with Gasteiger partial charge in [-0.05, 0) is 54.9 Å². The molecule has 4 aliphatic carbocycles. The highest BCUT2D eigenvalue weighted by Crippen LogP contribution is 2.77. The highest BCUT2D eigenvalue weighted by molar-refractivity contribution is 6.04. The maximum absolute atomic E-state index is 13.3. The fraction of sp³-hybridized carbons (Fsp3) is 0.850. The summed E-state index contributed by atoms with van der Waals surface area (Å²) in [7, 11) is 0. The van der Waals surface area contributed by atoms with Crippen LogP contribution in [0.4, 0.5) is 0 Å². The Balaban J connectivity index is 1.61. The number of aliphatic hydroxyl groups is 2. The van der Waals surface area contributed by atoms with E-state index in [0.717, 1.165) is 32.1 Å². The standard InChI is InChI=1S/C20H26O5/c1-9-10-3-4-11-19-12-7-14(20(11,15(9)22)16(10)23)25-17(19)24-8-18(12,2)6-5-13(19)21/h10-14,16-17,21,23H,1,3-8H2,2H3/t10-,11-,12+,13-,14+,16-,17+,18-,19+,20-/m0/s1. The topological polar surface area (TPSA) is 76.0 Å². The molecule has 2 spiro atoms. The summed E-state index contributed by atoms with van der Waals surface area (Å²) in [6, 6.07) is 0. The second-order valence-corrected chi connectivity index (χ2v) is 9.73. The van der Waals surface area contributed by atoms with Crippen LogP contribution in [0.1, 0.15) is 39.0 Å². The van der Waals surface area contributed by atoms with Crippen LogP contribution in [0.2, 0.25) is 0 Å². The van der Waals surface area contributed by atoms with Gasteiger partial charge in [-0.3, -0.25) is 4.79 Å². The predicted octanol–water partition coefficient (Wildman–Crippen LogP) is 1.42. The zero-order chi connectivity index (χ0) is 17.4. The van der Waals surface area contributed by atoms with Gasteiger partial charge in [0.05, 0.1) is 35.7 Å². The number of ketones is 1. The Bertz CT molecular complexity index is 700. The van der Waals surface area contributed by atoms with Crippen molar-refractivity contribution < 1.29 is 24.5 Å². The van der Waals surface area contributed by atoms with Crippen LogP contribution in [0.15, 0.2) is 12.2 Å². The second kappa shape index (κ2) is 4.22. The average Bonchev–Trinajstić information content (AvgIpc) is 2.71. The van der Waals surface area contributed by atoms with Crippen LogP contribution in [-0.4, -0.2) is 47.2 Å². The SMILES string of the molecule is C=C1C(=O)[C@@]23[C@@H](CC[C@@H]1[C@@H]2O)[C@]12[C@@H]4OC[C@](C)(CC[C@@H]1O)[C@H]2C[C@H]3O4. The van der Waals surface area contributed by atoms with Crippen molar-refractivity contribution in [3.05, 3.63) is 12.2 Å². The van der Waals surface area contributed by atoms with Crippen LogP contribution in [0.25, 0.3) is 0 Å². The second-order valence-electron chi connectivity index (χ2n) is 9.73. The predicted molar refractivity (Wildman–Crippen MR) is 87.3 cm³/mol. The van der Waals surface area contributed by atoms with Gasteiger partial charge in [0, 0.05) is 5.92 Å². The van der Waals surface area contributed by atoms with E-state index in [1.165, 1.54) is 0 Å². The summed E-state index contributed by atoms with van der Waals surface area (Å²) >= 11 is 0. The molecule has 7 bridgehead atoms. The molecule has 3 saturated heterocycles. The van der Waals surface area contributed by atoms with E-state index in [0.29, 0.717) is 18.1 Å². The van der Waals surface area contributed by atoms with E-state index in [-0.39, 0.29) is 29.1 Å². The molecule has 7 rings (SSSR count). The Kier molecular flexibility index (Phi) is 2.58. The smallest absolute Gasteiger partial charge is 0.170 e. The highest BCUT2D eigenvalue weighted by Gasteiger charge is 2.83. The maximum Gasteiger partial charge on any atom is 0.170 e. The number of ether oxygens (including phenoxy) is 2. The molecule has 4 saturated carbocycles. The van der Waals surface area contributed by atoms with Gasteiger partial charge in [-0.15, -0.1) is 0 Å². The van der Waals surface area contributed by atoms with E-state index in [1.807, 2.05) is 0 Å². The Morgan fingerprint density at radius 1 is 1.20 bits per heavy atom. The van der Waals surface area contributed by atoms with Gasteiger partial charge in [-0.2, -0.15) is 0 Å². The molecular formula is C20H26O5. The number of hydrogen-bond donors (Lipinski definition) is 2. The quantitative estimate of drug-likeness (QED) is 0.649. The fourth-order valence-corrected chi connectivity index (χ4v) is 8.25. The van der Waals surface area contributed by atoms with Crippen LogP contribution < -0.4 is 0 Å². The van der Waals surface area contributed by atoms with E-state index in [1.54, 1.807) is 0 Å². The van der Waals surface area contributed by atoms with Crippen molar-refractivity contribution in [1.82, 2.24) is 0 Å². The Morgan fingerprint density at radius 3 is 2.80 bits per heavy atom. The first-order valence-electron chi connectivity index (χ1n) is 9.75. The molecule has 0 aromatic heterocycles. The molecule has 25 heavy (non-hydrogen) atoms. The van der Waals surface area contributed by atoms with Crippen LogP contribution in [0, 0.1) is 34.0 Å². The van der Waals surface area contributed by atoms with Crippen molar-refractivity contribution in [3.63, 3.8) is 0 Å². The summed E-state index contributed by atoms with van der Waals surface area (Å²) in [4.78, 5) is 13.3. The molecule has 7 aliphatic rings. The van der Waals surface area contributed by atoms with E-state index >= 15 is 0 Å². The molecular weight excluding hydrogens is 320 g/mol. The molecule has 136 valence electrons. The minimum atomic E-state index is -0.910. The van der Waals surface area contributed by atoms with Crippen LogP contribution >= 0.6 is 0 Å². The minimum absolute atomic E-state index is 0.00572. The van der Waals surface area contributed by atoms with Crippen molar-refractivity contribution in [2.75, 3.05) is 6.61 Å². The monoisotopic (exact) mass is 346 g/mol. The molecule has 3 heterocycles. The lowest BCUT2D eigenvalue weighted by molar-refractivity contribution is -0.440. The van der Waals surface area contributed by atoms with Gasteiger partial charge >= 0.3 is 0 Å². The third-order valence-electron chi connectivity index (χ3n) is 9.20. The fourth-order valence-electron chi connectivity index (χ4n) is 8.25. The third kappa shape index (κ3) is 1.29. The molecule has 5 nitrogen and oxygen atoms in total. The molecule has 0 aromatic rings. The number of fused-ring (bicyclic) bond motifs is 1. The normalized spacial score (nSPS) is 64.4. The van der Waals surface area contributed by atoms with Gasteiger partial charge in [-0.25, -0.2) is 0 Å². The van der Waals surface area contributed by atoms with Crippen molar-refractivity contribution in [1.29, 1.82) is 0 Å². The Labute approximate surface area is 147 Å². The van der Waals surface area contributed by atoms with Gasteiger partial charge in [0.15, 0.2) is 12.1 Å². The van der Waals surface area contributed by atoms with Crippen molar-refractivity contribution >= 4 is 5.78 Å². The molecule has 5 heteroatoms. The van der Waals surface area contributed by atoms with Crippen LogP contribution in [-0.2, 0) is 14.3 Å². The largest absolute Gasteiger partial charge is 0.392 e. The van der Waals surface area contributed by atoms with Crippen LogP contribution in [0.5, 0.6) is 0 Å². The van der Waals surface area contributed by atoms with Crippen LogP contribution in [0.3, 0.4) is 0 Å². The zero-order valence-electron chi connectivity index (χ0n) is 14.6. The molecule has 2 N–H and O–H groups in total. The summed E-state index contributed by atoms with van der Waals surface area (Å²) in [5.74, 6) is 0.0718. The highest BCUT2D eigenvalue weighted by atomic mass is 16.7. The van der Waals surface area contributed by atoms with E-state index in [9.17, 15) is 15.0 Å². The van der Waals surface area contributed by atoms with E-state index in [4.69, 9.17) is 9.47 Å². The first-order valence-corrected chi connectivity index (χ1v) is 9.75. The molecule has 0 radical (unpaired) electrons. The summed E-state index contributed by atoms with van der Waals surface area (Å²) < 4.78 is 12.5. The molecule has 7 fully saturated rings. The average molecular weight is 346 g/mol. The van der Waals surface area contributed by atoms with Gasteiger partial charge < -0.3 is 19.7 Å². The zero-order valence-corrected chi connectivity index (χ0v) is 14.6. The molecule has 0 unspecified atom stereocenters. The molecule has 0 aromatic carbocycles. The van der Waals surface area contributed by atoms with Crippen molar-refractivity contribution in [3.8, 4) is 0 Å². The number of hydrogen-bond acceptors (Lipinski definition) is 5. The summed E-state index contributed by atoms with van der Waals surface area (Å²) in [6.45, 7) is 6.95. The van der Waals surface area contributed by atoms with E-state index in [2.05, 4.69) is 13.5 Å². The Hall–Kier alpha value is -0.750. The number of carbonyl (C=O) groups is 1. The van der Waals surface area contributed by atoms with E-state index < -0.39 is 29.3 Å². The lowest BCUT2D eigenvalue weighted by Gasteiger charge is -2.75. The van der Waals surface area contributed by atoms with Gasteiger partial charge in [-0.1, -0.05) is 13.5 Å². The lowest BCUT2D eigenvalue weighted by atomic mass is 9.36. The maximum atomic E-state index is 13.3. The first-order chi connectivity index (χ1) is 11.9. The van der Waals surface area contributed by atoms with Crippen molar-refractivity contribution in [2.24, 2.45) is 34.0 Å². The summed E-state index contributed by atoms with van der Waals surface area (Å²) in [5.41, 5.74) is -0.874.